The van der Waals surface area contributed by atoms with Gasteiger partial charge in [-0.1, -0.05) is 44.2 Å². The molecule has 98 valence electrons. The maximum atomic E-state index is 11.8. The number of nitriles is 1. The topological polar surface area (TPSA) is 70.0 Å². The third-order valence-electron chi connectivity index (χ3n) is 2.61. The second-order valence-corrected chi connectivity index (χ2v) is 6.40. The summed E-state index contributed by atoms with van der Waals surface area (Å²) in [5.41, 5.74) is 0.973. The first kappa shape index (κ1) is 14.7. The average molecular weight is 266 g/mol. The van der Waals surface area contributed by atoms with Crippen LogP contribution in [0.2, 0.25) is 0 Å². The Kier molecular flexibility index (Phi) is 5.32. The second-order valence-electron chi connectivity index (χ2n) is 4.52. The Hall–Kier alpha value is -1.38. The van der Waals surface area contributed by atoms with Crippen LogP contribution in [0.3, 0.4) is 0 Å². The van der Waals surface area contributed by atoms with Crippen LogP contribution in [0, 0.1) is 17.2 Å². The molecule has 1 aromatic rings. The molecule has 5 heteroatoms. The van der Waals surface area contributed by atoms with Gasteiger partial charge in [0.1, 0.15) is 6.04 Å². The predicted octanol–water partition coefficient (Wildman–Crippen LogP) is 1.70. The van der Waals surface area contributed by atoms with Gasteiger partial charge in [0.15, 0.2) is 0 Å². The van der Waals surface area contributed by atoms with Gasteiger partial charge in [-0.15, -0.1) is 0 Å². The zero-order valence-corrected chi connectivity index (χ0v) is 11.4. The molecule has 1 atom stereocenters. The van der Waals surface area contributed by atoms with Crippen molar-refractivity contribution in [3.05, 3.63) is 35.9 Å². The lowest BCUT2D eigenvalue weighted by Gasteiger charge is -2.15. The fourth-order valence-electron chi connectivity index (χ4n) is 1.46. The van der Waals surface area contributed by atoms with E-state index in [0.717, 1.165) is 5.56 Å². The van der Waals surface area contributed by atoms with Gasteiger partial charge in [-0.3, -0.25) is 0 Å². The van der Waals surface area contributed by atoms with Gasteiger partial charge in [0.25, 0.3) is 0 Å². The van der Waals surface area contributed by atoms with Crippen molar-refractivity contribution in [2.75, 3.05) is 5.75 Å². The van der Waals surface area contributed by atoms with E-state index in [4.69, 9.17) is 5.26 Å². The molecule has 1 unspecified atom stereocenters. The van der Waals surface area contributed by atoms with E-state index in [-0.39, 0.29) is 11.7 Å². The first-order valence-electron chi connectivity index (χ1n) is 5.88. The number of hydrogen-bond acceptors (Lipinski definition) is 3. The Morgan fingerprint density at radius 1 is 1.28 bits per heavy atom. The van der Waals surface area contributed by atoms with E-state index in [1.807, 2.05) is 50.2 Å². The summed E-state index contributed by atoms with van der Waals surface area (Å²) in [5.74, 6) is -0.0384. The number of hydrogen-bond donors (Lipinski definition) is 1. The van der Waals surface area contributed by atoms with Gasteiger partial charge in [-0.25, -0.2) is 8.42 Å². The molecule has 0 saturated carbocycles. The lowest BCUT2D eigenvalue weighted by molar-refractivity contribution is 0.515. The normalized spacial score (nSPS) is 13.2. The van der Waals surface area contributed by atoms with Gasteiger partial charge >= 0.3 is 0 Å². The molecule has 0 aliphatic heterocycles. The van der Waals surface area contributed by atoms with Gasteiger partial charge in [0.2, 0.25) is 10.0 Å². The summed E-state index contributed by atoms with van der Waals surface area (Å²) in [4.78, 5) is 0. The van der Waals surface area contributed by atoms with E-state index in [1.165, 1.54) is 0 Å². The molecule has 18 heavy (non-hydrogen) atoms. The van der Waals surface area contributed by atoms with Crippen molar-refractivity contribution < 1.29 is 8.42 Å². The molecule has 1 rings (SSSR count). The molecule has 1 N–H and O–H groups in total. The Morgan fingerprint density at radius 2 is 1.89 bits per heavy atom. The fraction of sp³-hybridized carbons (Fsp3) is 0.462. The summed E-state index contributed by atoms with van der Waals surface area (Å²) < 4.78 is 26.1. The van der Waals surface area contributed by atoms with Crippen molar-refractivity contribution in [3.63, 3.8) is 0 Å². The molecule has 0 spiro atoms. The van der Waals surface area contributed by atoms with E-state index < -0.39 is 16.1 Å². The van der Waals surface area contributed by atoms with E-state index in [9.17, 15) is 8.42 Å². The summed E-state index contributed by atoms with van der Waals surface area (Å²) >= 11 is 0. The number of nitrogens with zero attached hydrogens (tertiary/aromatic N) is 1. The molecule has 4 nitrogen and oxygen atoms in total. The Morgan fingerprint density at radius 3 is 2.39 bits per heavy atom. The zero-order chi connectivity index (χ0) is 13.6. The molecular formula is C13H18N2O2S. The van der Waals surface area contributed by atoms with Gasteiger partial charge in [0.05, 0.1) is 11.8 Å². The van der Waals surface area contributed by atoms with Crippen molar-refractivity contribution in [2.45, 2.75) is 26.3 Å². The lowest BCUT2D eigenvalue weighted by Crippen LogP contribution is -2.39. The highest BCUT2D eigenvalue weighted by Gasteiger charge is 2.19. The van der Waals surface area contributed by atoms with Gasteiger partial charge in [-0.05, 0) is 17.9 Å². The third-order valence-corrected chi connectivity index (χ3v) is 3.97. The maximum Gasteiger partial charge on any atom is 0.213 e. The molecule has 0 amide bonds. The van der Waals surface area contributed by atoms with E-state index in [0.29, 0.717) is 6.42 Å². The Labute approximate surface area is 109 Å². The third kappa shape index (κ3) is 4.86. The molecule has 0 aliphatic carbocycles. The second kappa shape index (κ2) is 6.53. The molecule has 0 heterocycles. The molecule has 0 aliphatic rings. The highest BCUT2D eigenvalue weighted by Crippen LogP contribution is 2.05. The average Bonchev–Trinajstić information content (AvgIpc) is 2.35. The molecule has 0 fully saturated rings. The number of sulfonamides is 1. The predicted molar refractivity (Wildman–Crippen MR) is 71.3 cm³/mol. The van der Waals surface area contributed by atoms with Crippen LogP contribution < -0.4 is 4.72 Å². The van der Waals surface area contributed by atoms with Crippen LogP contribution in [0.15, 0.2) is 30.3 Å². The van der Waals surface area contributed by atoms with Crippen LogP contribution in [0.4, 0.5) is 0 Å². The Balaban J connectivity index is 2.58. The molecule has 1 aromatic carbocycles. The van der Waals surface area contributed by atoms with E-state index >= 15 is 0 Å². The van der Waals surface area contributed by atoms with Crippen LogP contribution >= 0.6 is 0 Å². The molecule has 0 saturated heterocycles. The summed E-state index contributed by atoms with van der Waals surface area (Å²) in [5, 5.41) is 8.87. The lowest BCUT2D eigenvalue weighted by atomic mass is 10.1. The minimum Gasteiger partial charge on any atom is -0.212 e. The number of nitrogens with one attached hydrogen (secondary N) is 1. The molecule has 0 radical (unpaired) electrons. The first-order valence-corrected chi connectivity index (χ1v) is 7.53. The Bertz CT molecular complexity index is 504. The van der Waals surface area contributed by atoms with E-state index in [2.05, 4.69) is 4.72 Å². The minimum absolute atomic E-state index is 0.00190. The van der Waals surface area contributed by atoms with Gasteiger partial charge in [-0.2, -0.15) is 9.98 Å². The summed E-state index contributed by atoms with van der Waals surface area (Å²) in [6, 6.07) is 10.7. The number of aryl methyl sites for hydroxylation is 1. The van der Waals surface area contributed by atoms with Crippen LogP contribution in [-0.4, -0.2) is 20.2 Å². The van der Waals surface area contributed by atoms with Crippen LogP contribution in [0.5, 0.6) is 0 Å². The maximum absolute atomic E-state index is 11.8. The van der Waals surface area contributed by atoms with Crippen LogP contribution in [0.1, 0.15) is 19.4 Å². The molecule has 0 aromatic heterocycles. The smallest absolute Gasteiger partial charge is 0.212 e. The summed E-state index contributed by atoms with van der Waals surface area (Å²) in [7, 11) is -3.41. The number of benzene rings is 1. The minimum atomic E-state index is -3.41. The molecular weight excluding hydrogens is 248 g/mol. The van der Waals surface area contributed by atoms with E-state index in [1.54, 1.807) is 0 Å². The van der Waals surface area contributed by atoms with Crippen molar-refractivity contribution >= 4 is 10.0 Å². The monoisotopic (exact) mass is 266 g/mol. The van der Waals surface area contributed by atoms with Crippen molar-refractivity contribution in [1.29, 1.82) is 5.26 Å². The highest BCUT2D eigenvalue weighted by atomic mass is 32.2. The largest absolute Gasteiger partial charge is 0.213 e. The molecule has 0 bridgehead atoms. The highest BCUT2D eigenvalue weighted by molar-refractivity contribution is 7.89. The van der Waals surface area contributed by atoms with Crippen LogP contribution in [-0.2, 0) is 16.4 Å². The summed E-state index contributed by atoms with van der Waals surface area (Å²) in [6.45, 7) is 3.63. The first-order chi connectivity index (χ1) is 8.44. The quantitative estimate of drug-likeness (QED) is 0.852. The van der Waals surface area contributed by atoms with Crippen molar-refractivity contribution in [3.8, 4) is 6.07 Å². The summed E-state index contributed by atoms with van der Waals surface area (Å²) in [6.07, 6.45) is 0.451. The van der Waals surface area contributed by atoms with Gasteiger partial charge < -0.3 is 0 Å². The fourth-order valence-corrected chi connectivity index (χ4v) is 2.79. The van der Waals surface area contributed by atoms with Crippen molar-refractivity contribution in [1.82, 2.24) is 4.72 Å². The standard InChI is InChI=1S/C13H18N2O2S/c1-11(2)13(10-14)15-18(16,17)9-8-12-6-4-3-5-7-12/h3-7,11,13,15H,8-9H2,1-2H3. The number of rotatable bonds is 6. The zero-order valence-electron chi connectivity index (χ0n) is 10.6. The van der Waals surface area contributed by atoms with Crippen LogP contribution in [0.25, 0.3) is 0 Å². The van der Waals surface area contributed by atoms with Gasteiger partial charge in [0, 0.05) is 0 Å². The SMILES string of the molecule is CC(C)C(C#N)NS(=O)(=O)CCc1ccccc1. The van der Waals surface area contributed by atoms with Crippen molar-refractivity contribution in [2.24, 2.45) is 5.92 Å².